The highest BCUT2D eigenvalue weighted by atomic mass is 16.4. The van der Waals surface area contributed by atoms with Crippen molar-refractivity contribution in [1.82, 2.24) is 19.1 Å². The zero-order valence-electron chi connectivity index (χ0n) is 12.6. The molecule has 2 heterocycles. The fourth-order valence-corrected chi connectivity index (χ4v) is 2.08. The molecule has 0 saturated carbocycles. The van der Waals surface area contributed by atoms with Crippen LogP contribution in [-0.4, -0.2) is 41.3 Å². The molecule has 3 aromatic rings. The quantitative estimate of drug-likeness (QED) is 0.694. The molecular weight excluding hydrogens is 300 g/mol. The molecule has 8 nitrogen and oxygen atoms in total. The maximum Gasteiger partial charge on any atom is 0.414 e. The molecule has 8 heteroatoms. The van der Waals surface area contributed by atoms with Crippen LogP contribution in [-0.2, 0) is 16.6 Å². The second-order valence-electron chi connectivity index (χ2n) is 4.90. The van der Waals surface area contributed by atoms with Crippen LogP contribution in [0.2, 0.25) is 0 Å². The summed E-state index contributed by atoms with van der Waals surface area (Å²) in [5, 5.41) is 14.8. The average Bonchev–Trinajstić information content (AvgIpc) is 3.17. The standard InChI is InChI=1S/C13H14N4.C2H2O4/c1-10(17-6-5-14-8-17)11-3-4-13-12(7-11)15-9-16(13)2;3-1(4)2(5)6/h3-10H,1-2H3;(H,3,4)(H,5,6). The first-order valence-corrected chi connectivity index (χ1v) is 6.74. The van der Waals surface area contributed by atoms with Crippen LogP contribution in [0.15, 0.2) is 43.2 Å². The maximum atomic E-state index is 9.10. The Balaban J connectivity index is 0.000000277. The molecule has 0 amide bonds. The number of carboxylic acid groups (broad SMARTS) is 2. The third-order valence-electron chi connectivity index (χ3n) is 3.39. The predicted molar refractivity (Wildman–Crippen MR) is 82.0 cm³/mol. The van der Waals surface area contributed by atoms with E-state index in [0.717, 1.165) is 11.0 Å². The molecule has 0 spiro atoms. The van der Waals surface area contributed by atoms with Gasteiger partial charge in [-0.25, -0.2) is 19.6 Å². The van der Waals surface area contributed by atoms with Gasteiger partial charge in [-0.1, -0.05) is 6.07 Å². The highest BCUT2D eigenvalue weighted by Crippen LogP contribution is 2.21. The molecule has 1 aromatic carbocycles. The van der Waals surface area contributed by atoms with Gasteiger partial charge in [-0.05, 0) is 24.6 Å². The van der Waals surface area contributed by atoms with E-state index < -0.39 is 11.9 Å². The Bertz CT molecular complexity index is 811. The molecule has 2 N–H and O–H groups in total. The number of hydrogen-bond donors (Lipinski definition) is 2. The van der Waals surface area contributed by atoms with Gasteiger partial charge >= 0.3 is 11.9 Å². The summed E-state index contributed by atoms with van der Waals surface area (Å²) in [6.07, 6.45) is 7.46. The summed E-state index contributed by atoms with van der Waals surface area (Å²) in [7, 11) is 2.01. The first-order chi connectivity index (χ1) is 10.9. The number of carboxylic acids is 2. The summed E-state index contributed by atoms with van der Waals surface area (Å²) < 4.78 is 4.12. The van der Waals surface area contributed by atoms with Crippen molar-refractivity contribution in [3.05, 3.63) is 48.8 Å². The number of nitrogens with zero attached hydrogens (tertiary/aromatic N) is 4. The van der Waals surface area contributed by atoms with Gasteiger partial charge in [0.15, 0.2) is 0 Å². The minimum atomic E-state index is -1.82. The van der Waals surface area contributed by atoms with Gasteiger partial charge in [0.05, 0.1) is 29.7 Å². The van der Waals surface area contributed by atoms with Crippen molar-refractivity contribution in [1.29, 1.82) is 0 Å². The van der Waals surface area contributed by atoms with E-state index in [-0.39, 0.29) is 6.04 Å². The number of imidazole rings is 2. The Hall–Kier alpha value is -3.16. The number of benzene rings is 1. The van der Waals surface area contributed by atoms with Crippen LogP contribution in [0.1, 0.15) is 18.5 Å². The number of fused-ring (bicyclic) bond motifs is 1. The van der Waals surface area contributed by atoms with E-state index in [4.69, 9.17) is 19.8 Å². The van der Waals surface area contributed by atoms with Crippen LogP contribution in [0.25, 0.3) is 11.0 Å². The topological polar surface area (TPSA) is 110 Å². The summed E-state index contributed by atoms with van der Waals surface area (Å²) in [4.78, 5) is 26.7. The van der Waals surface area contributed by atoms with Crippen molar-refractivity contribution >= 4 is 23.0 Å². The first-order valence-electron chi connectivity index (χ1n) is 6.74. The molecule has 23 heavy (non-hydrogen) atoms. The normalized spacial score (nSPS) is 11.6. The van der Waals surface area contributed by atoms with Crippen LogP contribution < -0.4 is 0 Å². The Morgan fingerprint density at radius 2 is 1.87 bits per heavy atom. The molecule has 2 aromatic heterocycles. The highest BCUT2D eigenvalue weighted by Gasteiger charge is 2.09. The van der Waals surface area contributed by atoms with Crippen LogP contribution in [0.4, 0.5) is 0 Å². The Morgan fingerprint density at radius 3 is 2.43 bits per heavy atom. The van der Waals surface area contributed by atoms with E-state index in [2.05, 4.69) is 39.7 Å². The summed E-state index contributed by atoms with van der Waals surface area (Å²) in [6.45, 7) is 2.16. The number of rotatable bonds is 2. The lowest BCUT2D eigenvalue weighted by atomic mass is 10.1. The van der Waals surface area contributed by atoms with Gasteiger partial charge in [0.1, 0.15) is 0 Å². The fourth-order valence-electron chi connectivity index (χ4n) is 2.08. The zero-order valence-corrected chi connectivity index (χ0v) is 12.6. The van der Waals surface area contributed by atoms with E-state index in [9.17, 15) is 0 Å². The number of carbonyl (C=O) groups is 2. The Morgan fingerprint density at radius 1 is 1.17 bits per heavy atom. The second kappa shape index (κ2) is 6.73. The van der Waals surface area contributed by atoms with Crippen LogP contribution in [0.5, 0.6) is 0 Å². The molecule has 0 radical (unpaired) electrons. The van der Waals surface area contributed by atoms with E-state index >= 15 is 0 Å². The number of aliphatic carboxylic acids is 2. The summed E-state index contributed by atoms with van der Waals surface area (Å²) in [6, 6.07) is 6.68. The van der Waals surface area contributed by atoms with Crippen molar-refractivity contribution in [2.45, 2.75) is 13.0 Å². The summed E-state index contributed by atoms with van der Waals surface area (Å²) in [5.41, 5.74) is 3.44. The lowest BCUT2D eigenvalue weighted by Gasteiger charge is -2.13. The maximum absolute atomic E-state index is 9.10. The largest absolute Gasteiger partial charge is 0.473 e. The molecule has 0 aliphatic rings. The van der Waals surface area contributed by atoms with Gasteiger partial charge in [0, 0.05) is 19.4 Å². The van der Waals surface area contributed by atoms with Crippen molar-refractivity contribution < 1.29 is 19.8 Å². The molecule has 0 bridgehead atoms. The number of aromatic nitrogens is 4. The Kier molecular flexibility index (Phi) is 4.75. The average molecular weight is 316 g/mol. The van der Waals surface area contributed by atoms with E-state index in [0.29, 0.717) is 0 Å². The minimum absolute atomic E-state index is 0.281. The predicted octanol–water partition coefficient (Wildman–Crippen LogP) is 1.53. The van der Waals surface area contributed by atoms with Crippen molar-refractivity contribution in [2.75, 3.05) is 0 Å². The summed E-state index contributed by atoms with van der Waals surface area (Å²) in [5.74, 6) is -3.65. The first kappa shape index (κ1) is 16.2. The molecule has 0 saturated heterocycles. The zero-order chi connectivity index (χ0) is 17.0. The van der Waals surface area contributed by atoms with E-state index in [1.165, 1.54) is 5.56 Å². The van der Waals surface area contributed by atoms with Gasteiger partial charge in [-0.15, -0.1) is 0 Å². The smallest absolute Gasteiger partial charge is 0.414 e. The molecule has 120 valence electrons. The lowest BCUT2D eigenvalue weighted by molar-refractivity contribution is -0.159. The van der Waals surface area contributed by atoms with Gasteiger partial charge < -0.3 is 19.3 Å². The molecule has 3 rings (SSSR count). The number of aryl methyl sites for hydroxylation is 1. The third-order valence-corrected chi connectivity index (χ3v) is 3.39. The van der Waals surface area contributed by atoms with Gasteiger partial charge in [-0.3, -0.25) is 0 Å². The number of hydrogen-bond acceptors (Lipinski definition) is 4. The monoisotopic (exact) mass is 316 g/mol. The van der Waals surface area contributed by atoms with Crippen molar-refractivity contribution in [3.63, 3.8) is 0 Å². The minimum Gasteiger partial charge on any atom is -0.473 e. The second-order valence-corrected chi connectivity index (χ2v) is 4.90. The van der Waals surface area contributed by atoms with Crippen LogP contribution in [0, 0.1) is 0 Å². The fraction of sp³-hybridized carbons (Fsp3) is 0.200. The van der Waals surface area contributed by atoms with Gasteiger partial charge in [0.2, 0.25) is 0 Å². The van der Waals surface area contributed by atoms with E-state index in [1.54, 1.807) is 6.20 Å². The molecule has 0 aliphatic heterocycles. The SMILES string of the molecule is CC(c1ccc2c(c1)ncn2C)n1ccnc1.O=C(O)C(=O)O. The van der Waals surface area contributed by atoms with Crippen LogP contribution in [0.3, 0.4) is 0 Å². The van der Waals surface area contributed by atoms with Crippen LogP contribution >= 0.6 is 0 Å². The molecule has 0 fully saturated rings. The highest BCUT2D eigenvalue weighted by molar-refractivity contribution is 6.27. The molecule has 1 atom stereocenters. The third kappa shape index (κ3) is 3.73. The lowest BCUT2D eigenvalue weighted by Crippen LogP contribution is -2.09. The van der Waals surface area contributed by atoms with E-state index in [1.807, 2.05) is 30.5 Å². The molecular formula is C15H16N4O4. The molecule has 1 unspecified atom stereocenters. The van der Waals surface area contributed by atoms with Crippen molar-refractivity contribution in [2.24, 2.45) is 7.05 Å². The van der Waals surface area contributed by atoms with Gasteiger partial charge in [-0.2, -0.15) is 0 Å². The van der Waals surface area contributed by atoms with Gasteiger partial charge in [0.25, 0.3) is 0 Å². The Labute approximate surface area is 131 Å². The molecule has 0 aliphatic carbocycles. The van der Waals surface area contributed by atoms with Crippen molar-refractivity contribution in [3.8, 4) is 0 Å². The summed E-state index contributed by atoms with van der Waals surface area (Å²) >= 11 is 0.